The molecule has 1 aromatic rings. The molecule has 0 bridgehead atoms. The van der Waals surface area contributed by atoms with Crippen LogP contribution in [0.5, 0.6) is 0 Å². The summed E-state index contributed by atoms with van der Waals surface area (Å²) in [5, 5.41) is 7.75. The molecule has 0 aromatic heterocycles. The molecule has 0 unspecified atom stereocenters. The van der Waals surface area contributed by atoms with Crippen LogP contribution in [-0.2, 0) is 0 Å². The Kier molecular flexibility index (Phi) is 7.97. The van der Waals surface area contributed by atoms with E-state index in [9.17, 15) is 0 Å². The van der Waals surface area contributed by atoms with Crippen LogP contribution in [0.15, 0.2) is 18.2 Å². The third-order valence-electron chi connectivity index (χ3n) is 2.87. The summed E-state index contributed by atoms with van der Waals surface area (Å²) in [5.74, 6) is 0. The second-order valence-corrected chi connectivity index (χ2v) is 4.54. The number of nitrogens with one attached hydrogen (secondary N) is 2. The lowest BCUT2D eigenvalue weighted by Crippen LogP contribution is -2.35. The molecule has 1 fully saturated rings. The Morgan fingerprint density at radius 3 is 2.47 bits per heavy atom. The molecule has 1 heterocycles. The summed E-state index contributed by atoms with van der Waals surface area (Å²) < 4.78 is 0. The minimum atomic E-state index is 0. The van der Waals surface area contributed by atoms with Gasteiger partial charge in [-0.05, 0) is 56.6 Å². The summed E-state index contributed by atoms with van der Waals surface area (Å²) in [4.78, 5) is 0. The smallest absolute Gasteiger partial charge is 0.0436 e. The Balaban J connectivity index is 0.00000128. The van der Waals surface area contributed by atoms with Crippen LogP contribution in [0.25, 0.3) is 0 Å². The Labute approximate surface area is 120 Å². The number of rotatable bonds is 2. The zero-order valence-corrected chi connectivity index (χ0v) is 12.2. The molecule has 1 aliphatic heterocycles. The maximum atomic E-state index is 5.99. The molecule has 1 aliphatic rings. The number of hydrogen-bond donors (Lipinski definition) is 2. The molecule has 0 spiro atoms. The highest BCUT2D eigenvalue weighted by Gasteiger charge is 2.12. The van der Waals surface area contributed by atoms with Crippen molar-refractivity contribution in [3.8, 4) is 0 Å². The average Bonchev–Trinajstić information content (AvgIpc) is 2.25. The molecule has 2 nitrogen and oxygen atoms in total. The number of anilines is 1. The third-order valence-corrected chi connectivity index (χ3v) is 3.29. The predicted octanol–water partition coefficient (Wildman–Crippen LogP) is 3.66. The highest BCUT2D eigenvalue weighted by molar-refractivity contribution is 6.31. The van der Waals surface area contributed by atoms with E-state index in [0.717, 1.165) is 23.7 Å². The molecule has 1 aromatic carbocycles. The number of halogens is 3. The highest BCUT2D eigenvalue weighted by Crippen LogP contribution is 2.21. The summed E-state index contributed by atoms with van der Waals surface area (Å²) in [6.45, 7) is 4.27. The monoisotopic (exact) mass is 296 g/mol. The van der Waals surface area contributed by atoms with Crippen LogP contribution in [0.4, 0.5) is 5.69 Å². The quantitative estimate of drug-likeness (QED) is 0.870. The van der Waals surface area contributed by atoms with Gasteiger partial charge in [0.25, 0.3) is 0 Å². The Bertz CT molecular complexity index is 339. The molecule has 0 saturated carbocycles. The zero-order chi connectivity index (χ0) is 10.7. The van der Waals surface area contributed by atoms with Gasteiger partial charge < -0.3 is 10.6 Å². The normalized spacial score (nSPS) is 15.6. The molecule has 0 radical (unpaired) electrons. The lowest BCUT2D eigenvalue weighted by molar-refractivity contribution is 0.479. The van der Waals surface area contributed by atoms with Crippen LogP contribution >= 0.6 is 36.4 Å². The van der Waals surface area contributed by atoms with E-state index in [0.29, 0.717) is 6.04 Å². The number of benzene rings is 1. The van der Waals surface area contributed by atoms with E-state index in [1.54, 1.807) is 0 Å². The fraction of sp³-hybridized carbons (Fsp3) is 0.500. The fourth-order valence-corrected chi connectivity index (χ4v) is 2.05. The van der Waals surface area contributed by atoms with Crippen LogP contribution < -0.4 is 10.6 Å². The lowest BCUT2D eigenvalue weighted by Gasteiger charge is -2.24. The Hall–Kier alpha value is -0.150. The van der Waals surface area contributed by atoms with Crippen LogP contribution in [0.3, 0.4) is 0 Å². The lowest BCUT2D eigenvalue weighted by atomic mass is 10.1. The van der Waals surface area contributed by atoms with Gasteiger partial charge in [0.2, 0.25) is 0 Å². The van der Waals surface area contributed by atoms with Gasteiger partial charge in [-0.2, -0.15) is 0 Å². The molecule has 2 N–H and O–H groups in total. The van der Waals surface area contributed by atoms with E-state index in [1.807, 2.05) is 13.0 Å². The van der Waals surface area contributed by atoms with Crippen molar-refractivity contribution in [3.05, 3.63) is 28.8 Å². The second-order valence-electron chi connectivity index (χ2n) is 4.13. The van der Waals surface area contributed by atoms with Crippen molar-refractivity contribution in [1.29, 1.82) is 0 Å². The summed E-state index contributed by atoms with van der Waals surface area (Å²) in [5.41, 5.74) is 2.32. The maximum Gasteiger partial charge on any atom is 0.0436 e. The van der Waals surface area contributed by atoms with Crippen molar-refractivity contribution in [2.45, 2.75) is 25.8 Å². The molecule has 2 rings (SSSR count). The van der Waals surface area contributed by atoms with Crippen LogP contribution in [0, 0.1) is 6.92 Å². The van der Waals surface area contributed by atoms with Gasteiger partial charge in [0.05, 0.1) is 0 Å². The van der Waals surface area contributed by atoms with Gasteiger partial charge in [0, 0.05) is 16.8 Å². The first-order valence-corrected chi connectivity index (χ1v) is 5.87. The minimum Gasteiger partial charge on any atom is -0.382 e. The van der Waals surface area contributed by atoms with Crippen molar-refractivity contribution >= 4 is 42.1 Å². The molecular weight excluding hydrogens is 279 g/mol. The first-order valence-electron chi connectivity index (χ1n) is 5.49. The van der Waals surface area contributed by atoms with Crippen molar-refractivity contribution in [1.82, 2.24) is 5.32 Å². The topological polar surface area (TPSA) is 24.1 Å². The molecule has 0 aliphatic carbocycles. The van der Waals surface area contributed by atoms with Crippen LogP contribution in [-0.4, -0.2) is 19.1 Å². The summed E-state index contributed by atoms with van der Waals surface area (Å²) in [6, 6.07) is 6.73. The van der Waals surface area contributed by atoms with E-state index >= 15 is 0 Å². The van der Waals surface area contributed by atoms with E-state index in [4.69, 9.17) is 11.6 Å². The van der Waals surface area contributed by atoms with Crippen molar-refractivity contribution < 1.29 is 0 Å². The standard InChI is InChI=1S/C12H17ClN2.2ClH/c1-9-8-11(2-3-12(9)13)15-10-4-6-14-7-5-10;;/h2-3,8,10,14-15H,4-7H2,1H3;2*1H. The maximum absolute atomic E-state index is 5.99. The van der Waals surface area contributed by atoms with Gasteiger partial charge in [-0.15, -0.1) is 24.8 Å². The second kappa shape index (κ2) is 8.04. The van der Waals surface area contributed by atoms with Gasteiger partial charge in [-0.25, -0.2) is 0 Å². The third kappa shape index (κ3) is 4.92. The highest BCUT2D eigenvalue weighted by atomic mass is 35.5. The molecule has 98 valence electrons. The zero-order valence-electron chi connectivity index (χ0n) is 9.83. The van der Waals surface area contributed by atoms with E-state index in [-0.39, 0.29) is 24.8 Å². The molecule has 1 saturated heterocycles. The average molecular weight is 298 g/mol. The number of hydrogen-bond acceptors (Lipinski definition) is 2. The summed E-state index contributed by atoms with van der Waals surface area (Å²) in [6.07, 6.45) is 2.39. The summed E-state index contributed by atoms with van der Waals surface area (Å²) >= 11 is 5.99. The molecule has 17 heavy (non-hydrogen) atoms. The molecule has 5 heteroatoms. The van der Waals surface area contributed by atoms with E-state index in [2.05, 4.69) is 22.8 Å². The summed E-state index contributed by atoms with van der Waals surface area (Å²) in [7, 11) is 0. The van der Waals surface area contributed by atoms with Gasteiger partial charge in [0.15, 0.2) is 0 Å². The van der Waals surface area contributed by atoms with Crippen molar-refractivity contribution in [3.63, 3.8) is 0 Å². The first-order chi connectivity index (χ1) is 7.25. The van der Waals surface area contributed by atoms with Gasteiger partial charge in [-0.3, -0.25) is 0 Å². The largest absolute Gasteiger partial charge is 0.382 e. The van der Waals surface area contributed by atoms with Crippen molar-refractivity contribution in [2.24, 2.45) is 0 Å². The van der Waals surface area contributed by atoms with Gasteiger partial charge >= 0.3 is 0 Å². The minimum absolute atomic E-state index is 0. The SMILES string of the molecule is Cc1cc(NC2CCNCC2)ccc1Cl.Cl.Cl. The van der Waals surface area contributed by atoms with Crippen LogP contribution in [0.2, 0.25) is 5.02 Å². The van der Waals surface area contributed by atoms with Gasteiger partial charge in [-0.1, -0.05) is 11.6 Å². The Morgan fingerprint density at radius 1 is 1.24 bits per heavy atom. The van der Waals surface area contributed by atoms with Crippen molar-refractivity contribution in [2.75, 3.05) is 18.4 Å². The first kappa shape index (κ1) is 16.9. The Morgan fingerprint density at radius 2 is 1.88 bits per heavy atom. The molecular formula is C12H19Cl3N2. The van der Waals surface area contributed by atoms with Gasteiger partial charge in [0.1, 0.15) is 0 Å². The van der Waals surface area contributed by atoms with E-state index < -0.39 is 0 Å². The molecule has 0 amide bonds. The predicted molar refractivity (Wildman–Crippen MR) is 80.2 cm³/mol. The van der Waals surface area contributed by atoms with Crippen LogP contribution in [0.1, 0.15) is 18.4 Å². The number of piperidine rings is 1. The fourth-order valence-electron chi connectivity index (χ4n) is 1.94. The number of aryl methyl sites for hydroxylation is 1. The van der Waals surface area contributed by atoms with E-state index in [1.165, 1.54) is 18.5 Å². The molecule has 0 atom stereocenters.